The number of aliphatic hydroxyl groups is 1. The van der Waals surface area contributed by atoms with Gasteiger partial charge in [-0.25, -0.2) is 4.79 Å². The van der Waals surface area contributed by atoms with Gasteiger partial charge in [-0.05, 0) is 67.6 Å². The molecule has 6 atom stereocenters. The Balaban J connectivity index is 1.42. The van der Waals surface area contributed by atoms with Crippen LogP contribution in [0.4, 0.5) is 0 Å². The second kappa shape index (κ2) is 11.0. The lowest BCUT2D eigenvalue weighted by atomic mass is 9.46. The van der Waals surface area contributed by atoms with Crippen LogP contribution in [0.2, 0.25) is 10.0 Å². The van der Waals surface area contributed by atoms with E-state index in [1.807, 2.05) is 19.1 Å². The standard InChI is InChI=1S/C31H35Cl2NO6/c1-17-7-10-25-30(3,12-11-26(36)31(25,4)16-39-18(2)35)21(17)9-8-20-24(15-38-29(20)37)40-28-23(33)14-22(32)19-6-5-13-34-27(19)28/h5-6,8,13-14,21,24-26,36H,1,7,9-12,15-16H2,2-4H3/b20-8+/t21-,24-,25+,26-,30+,31+/m1/s1. The van der Waals surface area contributed by atoms with Crippen molar-refractivity contribution in [3.05, 3.63) is 58.2 Å². The van der Waals surface area contributed by atoms with Gasteiger partial charge in [-0.15, -0.1) is 0 Å². The van der Waals surface area contributed by atoms with E-state index in [0.29, 0.717) is 45.1 Å². The first-order valence-corrected chi connectivity index (χ1v) is 14.5. The summed E-state index contributed by atoms with van der Waals surface area (Å²) < 4.78 is 17.1. The fraction of sp³-hybridized carbons (Fsp3) is 0.516. The van der Waals surface area contributed by atoms with E-state index in [2.05, 4.69) is 18.5 Å². The van der Waals surface area contributed by atoms with Gasteiger partial charge in [-0.1, -0.05) is 55.3 Å². The van der Waals surface area contributed by atoms with Gasteiger partial charge in [0.25, 0.3) is 0 Å². The minimum absolute atomic E-state index is 0.0656. The summed E-state index contributed by atoms with van der Waals surface area (Å²) in [6.07, 6.45) is 5.98. The van der Waals surface area contributed by atoms with Crippen LogP contribution in [0.25, 0.3) is 10.9 Å². The number of ether oxygens (including phenoxy) is 3. The van der Waals surface area contributed by atoms with E-state index in [4.69, 9.17) is 37.4 Å². The molecule has 2 aromatic rings. The third-order valence-electron chi connectivity index (χ3n) is 9.47. The second-order valence-electron chi connectivity index (χ2n) is 11.8. The van der Waals surface area contributed by atoms with Crippen LogP contribution in [0.1, 0.15) is 52.9 Å². The van der Waals surface area contributed by atoms with Gasteiger partial charge in [0.2, 0.25) is 0 Å². The average molecular weight is 589 g/mol. The number of carbonyl (C=O) groups is 2. The molecular weight excluding hydrogens is 553 g/mol. The van der Waals surface area contributed by atoms with Gasteiger partial charge in [-0.3, -0.25) is 9.78 Å². The van der Waals surface area contributed by atoms with Gasteiger partial charge in [-0.2, -0.15) is 0 Å². The van der Waals surface area contributed by atoms with E-state index in [-0.39, 0.29) is 36.4 Å². The summed E-state index contributed by atoms with van der Waals surface area (Å²) in [7, 11) is 0. The van der Waals surface area contributed by atoms with Crippen molar-refractivity contribution in [1.29, 1.82) is 0 Å². The van der Waals surface area contributed by atoms with Crippen LogP contribution in [-0.4, -0.2) is 47.5 Å². The Labute approximate surface area is 244 Å². The monoisotopic (exact) mass is 587 g/mol. The van der Waals surface area contributed by atoms with Gasteiger partial charge >= 0.3 is 11.9 Å². The number of allylic oxidation sites excluding steroid dienone is 2. The molecule has 5 rings (SSSR count). The zero-order valence-corrected chi connectivity index (χ0v) is 24.6. The molecule has 1 aromatic heterocycles. The minimum Gasteiger partial charge on any atom is -0.478 e. The molecule has 2 heterocycles. The first-order chi connectivity index (χ1) is 19.0. The highest BCUT2D eigenvalue weighted by atomic mass is 35.5. The maximum atomic E-state index is 12.8. The fourth-order valence-corrected chi connectivity index (χ4v) is 7.85. The highest BCUT2D eigenvalue weighted by Crippen LogP contribution is 2.62. The average Bonchev–Trinajstić information content (AvgIpc) is 3.26. The first-order valence-electron chi connectivity index (χ1n) is 13.7. The normalized spacial score (nSPS) is 33.1. The van der Waals surface area contributed by atoms with Crippen molar-refractivity contribution in [2.45, 2.75) is 65.1 Å². The van der Waals surface area contributed by atoms with Gasteiger partial charge in [0.15, 0.2) is 11.9 Å². The van der Waals surface area contributed by atoms with Gasteiger partial charge in [0, 0.05) is 23.9 Å². The molecule has 1 aliphatic heterocycles. The predicted molar refractivity (Wildman–Crippen MR) is 153 cm³/mol. The molecule has 214 valence electrons. The van der Waals surface area contributed by atoms with E-state index in [9.17, 15) is 14.7 Å². The van der Waals surface area contributed by atoms with E-state index < -0.39 is 23.6 Å². The molecule has 3 fully saturated rings. The van der Waals surface area contributed by atoms with Crippen molar-refractivity contribution in [3.63, 3.8) is 0 Å². The lowest BCUT2D eigenvalue weighted by Gasteiger charge is -2.60. The Hall–Kier alpha value is -2.61. The summed E-state index contributed by atoms with van der Waals surface area (Å²) in [5.41, 5.74) is 1.32. The highest BCUT2D eigenvalue weighted by molar-refractivity contribution is 6.39. The number of rotatable bonds is 6. The molecule has 0 radical (unpaired) electrons. The topological polar surface area (TPSA) is 95.0 Å². The predicted octanol–water partition coefficient (Wildman–Crippen LogP) is 6.48. The summed E-state index contributed by atoms with van der Waals surface area (Å²) >= 11 is 12.9. The largest absolute Gasteiger partial charge is 0.478 e. The molecule has 0 bridgehead atoms. The number of carbonyl (C=O) groups excluding carboxylic acids is 2. The van der Waals surface area contributed by atoms with Crippen LogP contribution >= 0.6 is 23.2 Å². The number of cyclic esters (lactones) is 1. The lowest BCUT2D eigenvalue weighted by molar-refractivity contribution is -0.172. The van der Waals surface area contributed by atoms with Crippen LogP contribution in [0.5, 0.6) is 5.75 Å². The molecule has 0 amide bonds. The lowest BCUT2D eigenvalue weighted by Crippen LogP contribution is -2.57. The van der Waals surface area contributed by atoms with E-state index in [0.717, 1.165) is 24.8 Å². The molecule has 3 aliphatic rings. The Morgan fingerprint density at radius 3 is 2.83 bits per heavy atom. The molecular formula is C31H35Cl2NO6. The highest BCUT2D eigenvalue weighted by Gasteiger charge is 2.58. The number of pyridine rings is 1. The summed E-state index contributed by atoms with van der Waals surface area (Å²) in [5, 5.41) is 12.5. The van der Waals surface area contributed by atoms with Crippen LogP contribution in [0, 0.1) is 22.7 Å². The minimum atomic E-state index is -0.653. The van der Waals surface area contributed by atoms with Crippen molar-refractivity contribution >= 4 is 46.0 Å². The maximum Gasteiger partial charge on any atom is 0.337 e. The maximum absolute atomic E-state index is 12.8. The molecule has 0 spiro atoms. The number of nitrogens with zero attached hydrogens (tertiary/aromatic N) is 1. The van der Waals surface area contributed by atoms with E-state index in [1.54, 1.807) is 18.3 Å². The Kier molecular flexibility index (Phi) is 7.94. The molecule has 2 aliphatic carbocycles. The molecule has 0 unspecified atom stereocenters. The van der Waals surface area contributed by atoms with Gasteiger partial charge < -0.3 is 19.3 Å². The van der Waals surface area contributed by atoms with Crippen molar-refractivity contribution in [2.75, 3.05) is 13.2 Å². The number of aliphatic hydroxyl groups excluding tert-OH is 1. The van der Waals surface area contributed by atoms with Crippen LogP contribution in [0.15, 0.2) is 48.2 Å². The van der Waals surface area contributed by atoms with E-state index >= 15 is 0 Å². The van der Waals surface area contributed by atoms with Crippen molar-refractivity contribution < 1.29 is 28.9 Å². The molecule has 40 heavy (non-hydrogen) atoms. The quantitative estimate of drug-likeness (QED) is 0.235. The number of hydrogen-bond donors (Lipinski definition) is 1. The summed E-state index contributed by atoms with van der Waals surface area (Å²) in [6.45, 7) is 10.3. The number of halogens is 2. The van der Waals surface area contributed by atoms with Crippen molar-refractivity contribution in [3.8, 4) is 5.75 Å². The number of esters is 2. The number of fused-ring (bicyclic) bond motifs is 2. The third-order valence-corrected chi connectivity index (χ3v) is 10.1. The number of aromatic nitrogens is 1. The number of hydrogen-bond acceptors (Lipinski definition) is 7. The Morgan fingerprint density at radius 2 is 2.08 bits per heavy atom. The molecule has 2 saturated carbocycles. The van der Waals surface area contributed by atoms with Crippen LogP contribution in [-0.2, 0) is 19.1 Å². The van der Waals surface area contributed by atoms with Gasteiger partial charge in [0.1, 0.15) is 12.1 Å². The molecule has 1 saturated heterocycles. The fourth-order valence-electron chi connectivity index (χ4n) is 7.29. The zero-order chi connectivity index (χ0) is 28.8. The second-order valence-corrected chi connectivity index (χ2v) is 12.6. The van der Waals surface area contributed by atoms with E-state index in [1.165, 1.54) is 6.92 Å². The smallest absolute Gasteiger partial charge is 0.337 e. The SMILES string of the molecule is C=C1CC[C@@H]2[C@](C)(COC(C)=O)[C@H](O)CC[C@@]2(C)[C@@H]1C/C=C1/C(=O)OC[C@H]1Oc1c(Cl)cc(Cl)c2cccnc12. The van der Waals surface area contributed by atoms with Crippen molar-refractivity contribution in [2.24, 2.45) is 22.7 Å². The van der Waals surface area contributed by atoms with Crippen molar-refractivity contribution in [1.82, 2.24) is 4.98 Å². The molecule has 1 N–H and O–H groups in total. The Morgan fingerprint density at radius 1 is 1.30 bits per heavy atom. The van der Waals surface area contributed by atoms with Gasteiger partial charge in [0.05, 0.1) is 28.3 Å². The summed E-state index contributed by atoms with van der Waals surface area (Å²) in [4.78, 5) is 28.9. The summed E-state index contributed by atoms with van der Waals surface area (Å²) in [6, 6.07) is 5.23. The first kappa shape index (κ1) is 28.9. The number of benzene rings is 1. The third kappa shape index (κ3) is 5.01. The molecule has 7 nitrogen and oxygen atoms in total. The summed E-state index contributed by atoms with van der Waals surface area (Å²) in [5.74, 6) is -0.234. The van der Waals surface area contributed by atoms with Crippen LogP contribution in [0.3, 0.4) is 0 Å². The molecule has 1 aromatic carbocycles. The molecule has 9 heteroatoms. The Bertz CT molecular complexity index is 1390. The zero-order valence-electron chi connectivity index (χ0n) is 23.0. The van der Waals surface area contributed by atoms with Crippen LogP contribution < -0.4 is 4.74 Å².